The molecule has 0 spiro atoms. The predicted octanol–water partition coefficient (Wildman–Crippen LogP) is 3.98. The van der Waals surface area contributed by atoms with Gasteiger partial charge in [0.25, 0.3) is 5.91 Å². The lowest BCUT2D eigenvalue weighted by molar-refractivity contribution is 0.0550. The van der Waals surface area contributed by atoms with Crippen molar-refractivity contribution in [1.82, 2.24) is 14.4 Å². The average molecular weight is 474 g/mol. The minimum atomic E-state index is -0.178. The van der Waals surface area contributed by atoms with E-state index in [2.05, 4.69) is 33.7 Å². The lowest BCUT2D eigenvalue weighted by Gasteiger charge is -2.41. The first-order valence-corrected chi connectivity index (χ1v) is 12.8. The van der Waals surface area contributed by atoms with Crippen LogP contribution >= 0.6 is 0 Å². The van der Waals surface area contributed by atoms with Crippen LogP contribution in [0, 0.1) is 13.8 Å². The van der Waals surface area contributed by atoms with Crippen molar-refractivity contribution >= 4 is 5.91 Å². The summed E-state index contributed by atoms with van der Waals surface area (Å²) < 4.78 is 7.84. The van der Waals surface area contributed by atoms with Crippen LogP contribution in [-0.4, -0.2) is 52.5 Å². The molecule has 3 aromatic rings. The molecule has 3 heterocycles. The molecule has 35 heavy (non-hydrogen) atoms. The van der Waals surface area contributed by atoms with E-state index in [1.807, 2.05) is 37.8 Å². The fourth-order valence-corrected chi connectivity index (χ4v) is 5.81. The number of piperazine rings is 1. The molecule has 0 saturated carbocycles. The molecule has 1 aromatic carbocycles. The van der Waals surface area contributed by atoms with Gasteiger partial charge in [-0.1, -0.05) is 31.2 Å². The second-order valence-corrected chi connectivity index (χ2v) is 9.92. The van der Waals surface area contributed by atoms with Gasteiger partial charge >= 0.3 is 0 Å². The van der Waals surface area contributed by atoms with Crippen molar-refractivity contribution in [2.45, 2.75) is 59.0 Å². The van der Waals surface area contributed by atoms with Crippen molar-refractivity contribution in [1.29, 1.82) is 0 Å². The molecule has 1 amide bonds. The van der Waals surface area contributed by atoms with E-state index in [-0.39, 0.29) is 11.3 Å². The molecular formula is C29H35N3O3. The van der Waals surface area contributed by atoms with Gasteiger partial charge in [0.1, 0.15) is 17.1 Å². The van der Waals surface area contributed by atoms with Crippen LogP contribution in [0.3, 0.4) is 0 Å². The fraction of sp³-hybridized carbons (Fsp3) is 0.448. The van der Waals surface area contributed by atoms with Crippen LogP contribution in [0.5, 0.6) is 0 Å². The maximum absolute atomic E-state index is 13.6. The van der Waals surface area contributed by atoms with E-state index in [0.29, 0.717) is 37.7 Å². The van der Waals surface area contributed by atoms with Crippen LogP contribution in [-0.2, 0) is 25.8 Å². The number of amides is 1. The van der Waals surface area contributed by atoms with Crippen molar-refractivity contribution < 1.29 is 9.21 Å². The molecule has 1 atom stereocenters. The highest BCUT2D eigenvalue weighted by molar-refractivity contribution is 5.95. The van der Waals surface area contributed by atoms with Gasteiger partial charge in [0, 0.05) is 49.7 Å². The number of hydrogen-bond acceptors (Lipinski definition) is 4. The van der Waals surface area contributed by atoms with E-state index in [0.717, 1.165) is 48.8 Å². The van der Waals surface area contributed by atoms with Gasteiger partial charge in [-0.2, -0.15) is 0 Å². The standard InChI is InChI=1S/C29H35N3O3/c1-4-26-28(27(33)17-20(2)32(26)19-25-12-9-21(3)35-25)29(34)31-15-13-30(14-16-31)24-11-10-22-7-5-6-8-23(22)18-24/h5-9,12,17,24H,4,10-11,13-16,18-19H2,1-3H3/t24-/m0/s1. The lowest BCUT2D eigenvalue weighted by Crippen LogP contribution is -2.53. The smallest absolute Gasteiger partial charge is 0.259 e. The van der Waals surface area contributed by atoms with E-state index in [1.54, 1.807) is 6.07 Å². The summed E-state index contributed by atoms with van der Waals surface area (Å²) in [7, 11) is 0. The molecule has 0 radical (unpaired) electrons. The average Bonchev–Trinajstić information content (AvgIpc) is 3.29. The third-order valence-corrected chi connectivity index (χ3v) is 7.72. The molecule has 0 N–H and O–H groups in total. The van der Waals surface area contributed by atoms with Crippen molar-refractivity contribution in [3.05, 3.63) is 92.3 Å². The summed E-state index contributed by atoms with van der Waals surface area (Å²) in [5.41, 5.74) is 4.72. The topological polar surface area (TPSA) is 58.7 Å². The van der Waals surface area contributed by atoms with Crippen molar-refractivity contribution in [2.24, 2.45) is 0 Å². The summed E-state index contributed by atoms with van der Waals surface area (Å²) in [6.07, 6.45) is 3.98. The first-order valence-electron chi connectivity index (χ1n) is 12.8. The van der Waals surface area contributed by atoms with Crippen LogP contribution in [0.25, 0.3) is 0 Å². The quantitative estimate of drug-likeness (QED) is 0.562. The number of benzene rings is 1. The van der Waals surface area contributed by atoms with Gasteiger partial charge in [-0.3, -0.25) is 14.5 Å². The number of pyridine rings is 1. The third-order valence-electron chi connectivity index (χ3n) is 7.72. The SMILES string of the molecule is CCc1c(C(=O)N2CCN([C@H]3CCc4ccccc4C3)CC2)c(=O)cc(C)n1Cc1ccc(C)o1. The summed E-state index contributed by atoms with van der Waals surface area (Å²) in [6.45, 7) is 9.39. The Balaban J connectivity index is 1.32. The summed E-state index contributed by atoms with van der Waals surface area (Å²) in [5.74, 6) is 1.54. The maximum atomic E-state index is 13.6. The fourth-order valence-electron chi connectivity index (χ4n) is 5.81. The summed E-state index contributed by atoms with van der Waals surface area (Å²) >= 11 is 0. The highest BCUT2D eigenvalue weighted by Gasteiger charge is 2.31. The van der Waals surface area contributed by atoms with Crippen molar-refractivity contribution in [2.75, 3.05) is 26.2 Å². The monoisotopic (exact) mass is 473 g/mol. The first-order chi connectivity index (χ1) is 16.9. The van der Waals surface area contributed by atoms with Gasteiger partial charge in [-0.25, -0.2) is 0 Å². The molecule has 1 fully saturated rings. The third kappa shape index (κ3) is 4.72. The Morgan fingerprint density at radius 1 is 1.03 bits per heavy atom. The Morgan fingerprint density at radius 2 is 1.77 bits per heavy atom. The molecular weight excluding hydrogens is 438 g/mol. The van der Waals surface area contributed by atoms with Gasteiger partial charge in [0.2, 0.25) is 0 Å². The summed E-state index contributed by atoms with van der Waals surface area (Å²) in [5, 5.41) is 0. The Bertz CT molecular complexity index is 1280. The maximum Gasteiger partial charge on any atom is 0.259 e. The Kier molecular flexibility index (Phi) is 6.65. The second-order valence-electron chi connectivity index (χ2n) is 9.92. The van der Waals surface area contributed by atoms with Gasteiger partial charge in [0.15, 0.2) is 5.43 Å². The van der Waals surface area contributed by atoms with Gasteiger partial charge < -0.3 is 13.9 Å². The number of furan rings is 1. The summed E-state index contributed by atoms with van der Waals surface area (Å²) in [6, 6.07) is 14.8. The number of carbonyl (C=O) groups excluding carboxylic acids is 1. The molecule has 1 saturated heterocycles. The molecule has 1 aliphatic heterocycles. The van der Waals surface area contributed by atoms with Crippen LogP contribution in [0.4, 0.5) is 0 Å². The highest BCUT2D eigenvalue weighted by atomic mass is 16.3. The van der Waals surface area contributed by atoms with E-state index in [1.165, 1.54) is 17.5 Å². The zero-order valence-electron chi connectivity index (χ0n) is 21.0. The van der Waals surface area contributed by atoms with E-state index >= 15 is 0 Å². The van der Waals surface area contributed by atoms with Gasteiger partial charge in [-0.05, 0) is 62.8 Å². The molecule has 1 aliphatic carbocycles. The van der Waals surface area contributed by atoms with Crippen molar-refractivity contribution in [3.8, 4) is 0 Å². The highest BCUT2D eigenvalue weighted by Crippen LogP contribution is 2.25. The molecule has 0 unspecified atom stereocenters. The van der Waals surface area contributed by atoms with Gasteiger partial charge in [-0.15, -0.1) is 0 Å². The Morgan fingerprint density at radius 3 is 2.46 bits per heavy atom. The predicted molar refractivity (Wildman–Crippen MR) is 137 cm³/mol. The van der Waals surface area contributed by atoms with Gasteiger partial charge in [0.05, 0.1) is 6.54 Å². The number of aromatic nitrogens is 1. The van der Waals surface area contributed by atoms with Crippen LogP contribution < -0.4 is 5.43 Å². The van der Waals surface area contributed by atoms with Crippen LogP contribution in [0.1, 0.15) is 57.7 Å². The van der Waals surface area contributed by atoms with E-state index in [4.69, 9.17) is 4.42 Å². The second kappa shape index (κ2) is 9.86. The molecule has 2 aliphatic rings. The number of carbonyl (C=O) groups is 1. The minimum absolute atomic E-state index is 0.134. The van der Waals surface area contributed by atoms with Crippen molar-refractivity contribution in [3.63, 3.8) is 0 Å². The Labute approximate surface area is 207 Å². The van der Waals surface area contributed by atoms with Crippen LogP contribution in [0.2, 0.25) is 0 Å². The number of rotatable bonds is 5. The van der Waals surface area contributed by atoms with E-state index < -0.39 is 0 Å². The normalized spacial score (nSPS) is 18.5. The summed E-state index contributed by atoms with van der Waals surface area (Å²) in [4.78, 5) is 31.1. The molecule has 6 nitrogen and oxygen atoms in total. The number of nitrogens with zero attached hydrogens (tertiary/aromatic N) is 3. The zero-order valence-corrected chi connectivity index (χ0v) is 21.0. The number of hydrogen-bond donors (Lipinski definition) is 0. The molecule has 6 heteroatoms. The van der Waals surface area contributed by atoms with Crippen LogP contribution in [0.15, 0.2) is 51.7 Å². The largest absolute Gasteiger partial charge is 0.464 e. The number of fused-ring (bicyclic) bond motifs is 1. The number of aryl methyl sites for hydroxylation is 3. The Hall–Kier alpha value is -3.12. The van der Waals surface area contributed by atoms with E-state index in [9.17, 15) is 9.59 Å². The zero-order chi connectivity index (χ0) is 24.5. The first kappa shape index (κ1) is 23.6. The molecule has 0 bridgehead atoms. The molecule has 2 aromatic heterocycles. The minimum Gasteiger partial charge on any atom is -0.464 e. The lowest BCUT2D eigenvalue weighted by atomic mass is 9.87. The molecule has 5 rings (SSSR count). The molecule has 184 valence electrons.